The van der Waals surface area contributed by atoms with E-state index in [-0.39, 0.29) is 17.7 Å². The number of amides is 3. The summed E-state index contributed by atoms with van der Waals surface area (Å²) in [5.41, 5.74) is 2.95. The third-order valence-corrected chi connectivity index (χ3v) is 4.26. The summed E-state index contributed by atoms with van der Waals surface area (Å²) < 4.78 is 18.7. The van der Waals surface area contributed by atoms with Crippen molar-refractivity contribution in [1.82, 2.24) is 10.7 Å². The molecule has 2 aromatic carbocycles. The second-order valence-electron chi connectivity index (χ2n) is 6.45. The Hall–Kier alpha value is -3.46. The third-order valence-electron chi connectivity index (χ3n) is 3.97. The molecule has 0 heterocycles. The quantitative estimate of drug-likeness (QED) is 0.354. The van der Waals surface area contributed by atoms with Gasteiger partial charge in [0.15, 0.2) is 6.61 Å². The van der Waals surface area contributed by atoms with E-state index < -0.39 is 23.5 Å². The van der Waals surface area contributed by atoms with Crippen LogP contribution in [0.2, 0.25) is 5.02 Å². The summed E-state index contributed by atoms with van der Waals surface area (Å²) in [6.45, 7) is -0.323. The maximum Gasteiger partial charge on any atom is 0.329 e. The van der Waals surface area contributed by atoms with E-state index >= 15 is 0 Å². The number of ether oxygens (including phenoxy) is 1. The van der Waals surface area contributed by atoms with Gasteiger partial charge in [0.1, 0.15) is 11.6 Å². The molecule has 8 nitrogen and oxygen atoms in total. The number of hydrogen-bond donors (Lipinski definition) is 3. The monoisotopic (exact) mass is 432 g/mol. The molecule has 1 saturated carbocycles. The number of para-hydroxylation sites is 1. The van der Waals surface area contributed by atoms with Gasteiger partial charge in [0, 0.05) is 17.3 Å². The van der Waals surface area contributed by atoms with Crippen LogP contribution in [0, 0.1) is 5.82 Å². The fourth-order valence-electron chi connectivity index (χ4n) is 2.32. The molecule has 1 aliphatic carbocycles. The minimum atomic E-state index is -0.867. The summed E-state index contributed by atoms with van der Waals surface area (Å²) in [7, 11) is 0. The van der Waals surface area contributed by atoms with Crippen LogP contribution < -0.4 is 20.8 Å². The predicted octanol–water partition coefficient (Wildman–Crippen LogP) is 2.23. The number of benzene rings is 2. The van der Waals surface area contributed by atoms with Gasteiger partial charge < -0.3 is 15.4 Å². The van der Waals surface area contributed by atoms with E-state index in [9.17, 15) is 18.8 Å². The van der Waals surface area contributed by atoms with Crippen LogP contribution in [0.4, 0.5) is 10.1 Å². The first-order valence-electron chi connectivity index (χ1n) is 9.03. The number of hydrogen-bond acceptors (Lipinski definition) is 5. The molecule has 1 fully saturated rings. The van der Waals surface area contributed by atoms with Gasteiger partial charge in [0.2, 0.25) is 0 Å². The van der Waals surface area contributed by atoms with Crippen LogP contribution in [0.3, 0.4) is 0 Å². The lowest BCUT2D eigenvalue weighted by Crippen LogP contribution is -2.38. The van der Waals surface area contributed by atoms with Gasteiger partial charge in [-0.1, -0.05) is 23.7 Å². The second kappa shape index (κ2) is 9.84. The molecule has 0 unspecified atom stereocenters. The summed E-state index contributed by atoms with van der Waals surface area (Å²) in [5, 5.41) is 8.73. The molecule has 156 valence electrons. The van der Waals surface area contributed by atoms with Crippen LogP contribution in [-0.2, 0) is 14.4 Å². The lowest BCUT2D eigenvalue weighted by Gasteiger charge is -2.10. The molecule has 30 heavy (non-hydrogen) atoms. The van der Waals surface area contributed by atoms with E-state index in [1.54, 1.807) is 24.3 Å². The molecule has 2 aromatic rings. The number of nitrogens with one attached hydrogen (secondary N) is 3. The lowest BCUT2D eigenvalue weighted by molar-refractivity contribution is -0.139. The number of carbonyl (C=O) groups excluding carboxylic acids is 3. The van der Waals surface area contributed by atoms with E-state index in [2.05, 4.69) is 21.2 Å². The third kappa shape index (κ3) is 6.28. The highest BCUT2D eigenvalue weighted by Gasteiger charge is 2.26. The van der Waals surface area contributed by atoms with Gasteiger partial charge in [0.05, 0.1) is 11.2 Å². The summed E-state index contributed by atoms with van der Waals surface area (Å²) in [5.74, 6) is -2.33. The van der Waals surface area contributed by atoms with Crippen molar-refractivity contribution < 1.29 is 23.5 Å². The zero-order valence-electron chi connectivity index (χ0n) is 15.7. The minimum Gasteiger partial charge on any atom is -0.483 e. The first kappa shape index (κ1) is 21.3. The van der Waals surface area contributed by atoms with Crippen LogP contribution in [-0.4, -0.2) is 36.6 Å². The molecule has 1 aliphatic rings. The van der Waals surface area contributed by atoms with Gasteiger partial charge >= 0.3 is 11.8 Å². The van der Waals surface area contributed by atoms with Gasteiger partial charge in [-0.25, -0.2) is 9.82 Å². The maximum atomic E-state index is 13.2. The SMILES string of the molecule is O=C(COc1ccccc1/C=N\NC(=O)C(=O)NC1CC1)Nc1ccc(F)c(Cl)c1. The van der Waals surface area contributed by atoms with E-state index in [4.69, 9.17) is 16.3 Å². The van der Waals surface area contributed by atoms with Gasteiger partial charge in [-0.15, -0.1) is 0 Å². The molecule has 0 aromatic heterocycles. The van der Waals surface area contributed by atoms with Crippen molar-refractivity contribution in [3.63, 3.8) is 0 Å². The molecule has 10 heteroatoms. The van der Waals surface area contributed by atoms with E-state index in [1.807, 2.05) is 0 Å². The molecule has 3 amide bonds. The molecule has 0 saturated heterocycles. The zero-order valence-corrected chi connectivity index (χ0v) is 16.4. The van der Waals surface area contributed by atoms with Gasteiger partial charge in [0.25, 0.3) is 5.91 Å². The number of hydrazone groups is 1. The van der Waals surface area contributed by atoms with Crippen molar-refractivity contribution >= 4 is 41.2 Å². The molecule has 3 rings (SSSR count). The summed E-state index contributed by atoms with van der Waals surface area (Å²) in [6, 6.07) is 10.6. The molecule has 0 spiro atoms. The number of anilines is 1. The van der Waals surface area contributed by atoms with Crippen LogP contribution in [0.25, 0.3) is 0 Å². The predicted molar refractivity (Wildman–Crippen MR) is 109 cm³/mol. The highest BCUT2D eigenvalue weighted by Crippen LogP contribution is 2.20. The molecule has 0 radical (unpaired) electrons. The minimum absolute atomic E-state index is 0.0680. The van der Waals surface area contributed by atoms with Crippen LogP contribution >= 0.6 is 11.6 Å². The normalized spacial score (nSPS) is 13.0. The van der Waals surface area contributed by atoms with Crippen LogP contribution in [0.5, 0.6) is 5.75 Å². The number of halogens is 2. The van der Waals surface area contributed by atoms with Gasteiger partial charge in [-0.2, -0.15) is 5.10 Å². The van der Waals surface area contributed by atoms with Crippen LogP contribution in [0.1, 0.15) is 18.4 Å². The van der Waals surface area contributed by atoms with Crippen molar-refractivity contribution in [2.75, 3.05) is 11.9 Å². The summed E-state index contributed by atoms with van der Waals surface area (Å²) >= 11 is 5.68. The largest absolute Gasteiger partial charge is 0.483 e. The Morgan fingerprint density at radius 2 is 1.93 bits per heavy atom. The molecular formula is C20H18ClFN4O4. The van der Waals surface area contributed by atoms with Crippen molar-refractivity contribution in [1.29, 1.82) is 0 Å². The standard InChI is InChI=1S/C20H18ClFN4O4/c21-15-9-14(7-8-16(15)22)24-18(27)11-30-17-4-2-1-3-12(17)10-23-26-20(29)19(28)25-13-5-6-13/h1-4,7-10,13H,5-6,11H2,(H,24,27)(H,25,28)(H,26,29)/b23-10-. The highest BCUT2D eigenvalue weighted by atomic mass is 35.5. The first-order chi connectivity index (χ1) is 14.4. The fraction of sp³-hybridized carbons (Fsp3) is 0.200. The lowest BCUT2D eigenvalue weighted by atomic mass is 10.2. The van der Waals surface area contributed by atoms with Crippen LogP contribution in [0.15, 0.2) is 47.6 Å². The van der Waals surface area contributed by atoms with Crippen molar-refractivity contribution in [2.45, 2.75) is 18.9 Å². The van der Waals surface area contributed by atoms with Gasteiger partial charge in [-0.05, 0) is 43.2 Å². The second-order valence-corrected chi connectivity index (χ2v) is 6.86. The fourth-order valence-corrected chi connectivity index (χ4v) is 2.50. The average molecular weight is 433 g/mol. The number of rotatable bonds is 7. The van der Waals surface area contributed by atoms with Crippen molar-refractivity contribution in [3.05, 3.63) is 58.9 Å². The van der Waals surface area contributed by atoms with E-state index in [0.29, 0.717) is 17.0 Å². The first-order valence-corrected chi connectivity index (χ1v) is 9.41. The van der Waals surface area contributed by atoms with Crippen molar-refractivity contribution in [3.8, 4) is 5.75 Å². The Labute approximate surface area is 176 Å². The summed E-state index contributed by atoms with van der Waals surface area (Å²) in [4.78, 5) is 35.3. The molecule has 0 aliphatic heterocycles. The Kier molecular flexibility index (Phi) is 6.97. The highest BCUT2D eigenvalue weighted by molar-refractivity contribution is 6.35. The topological polar surface area (TPSA) is 109 Å². The Balaban J connectivity index is 1.52. The number of carbonyl (C=O) groups is 3. The Bertz CT molecular complexity index is 995. The zero-order chi connectivity index (χ0) is 21.5. The van der Waals surface area contributed by atoms with E-state index in [0.717, 1.165) is 18.9 Å². The number of nitrogens with zero attached hydrogens (tertiary/aromatic N) is 1. The van der Waals surface area contributed by atoms with Crippen molar-refractivity contribution in [2.24, 2.45) is 5.10 Å². The molecule has 0 bridgehead atoms. The smallest absolute Gasteiger partial charge is 0.329 e. The average Bonchev–Trinajstić information content (AvgIpc) is 3.54. The maximum absolute atomic E-state index is 13.2. The Morgan fingerprint density at radius 1 is 1.17 bits per heavy atom. The molecular weight excluding hydrogens is 415 g/mol. The summed E-state index contributed by atoms with van der Waals surface area (Å²) in [6.07, 6.45) is 3.04. The van der Waals surface area contributed by atoms with E-state index in [1.165, 1.54) is 18.3 Å². The Morgan fingerprint density at radius 3 is 2.67 bits per heavy atom. The molecule has 3 N–H and O–H groups in total. The molecule has 0 atom stereocenters. The van der Waals surface area contributed by atoms with Gasteiger partial charge in [-0.3, -0.25) is 14.4 Å².